The van der Waals surface area contributed by atoms with Gasteiger partial charge in [-0.05, 0) is 72.3 Å². The smallest absolute Gasteiger partial charge is 0.303 e. The average Bonchev–Trinajstić information content (AvgIpc) is 3.18. The van der Waals surface area contributed by atoms with Crippen LogP contribution in [-0.2, 0) is 32.2 Å². The lowest BCUT2D eigenvalue weighted by Gasteiger charge is -2.39. The summed E-state index contributed by atoms with van der Waals surface area (Å²) in [5, 5.41) is 32.5. The summed E-state index contributed by atoms with van der Waals surface area (Å²) < 4.78 is 13.3. The molecule has 1 fully saturated rings. The van der Waals surface area contributed by atoms with E-state index in [1.807, 2.05) is 98.9 Å². The molecule has 5 atom stereocenters. The van der Waals surface area contributed by atoms with Gasteiger partial charge in [0.05, 0.1) is 24.9 Å². The van der Waals surface area contributed by atoms with Crippen LogP contribution in [0.15, 0.2) is 103 Å². The number of amides is 1. The lowest BCUT2D eigenvalue weighted by atomic mass is 9.97. The molecule has 5 rings (SSSR count). The predicted molar refractivity (Wildman–Crippen MR) is 201 cm³/mol. The lowest BCUT2D eigenvalue weighted by molar-refractivity contribution is -0.253. The minimum absolute atomic E-state index is 0.0121. The molecule has 9 nitrogen and oxygen atoms in total. The molecule has 1 amide bonds. The second-order valence-electron chi connectivity index (χ2n) is 13.8. The van der Waals surface area contributed by atoms with E-state index in [1.165, 1.54) is 0 Å². The fourth-order valence-corrected chi connectivity index (χ4v) is 6.62. The fraction of sp³-hybridized carbons (Fsp3) is 0.395. The minimum Gasteiger partial charge on any atom is -0.481 e. The van der Waals surface area contributed by atoms with Gasteiger partial charge in [0.1, 0.15) is 0 Å². The Bertz CT molecular complexity index is 1710. The van der Waals surface area contributed by atoms with E-state index in [0.29, 0.717) is 32.4 Å². The number of hydrogen-bond donors (Lipinski definition) is 4. The van der Waals surface area contributed by atoms with E-state index in [4.69, 9.17) is 14.6 Å². The SMILES string of the molecule is CC(C(O)c1ccccc1)N(C)CC1CC(c2ccc(CO)cc2)OC(c2cccc(-c3cccc(CNC(=O)CCCCCCC(=O)O)c3)c2)O1. The molecule has 52 heavy (non-hydrogen) atoms. The van der Waals surface area contributed by atoms with Gasteiger partial charge in [0.2, 0.25) is 5.91 Å². The number of nitrogens with zero attached hydrogens (tertiary/aromatic N) is 1. The molecule has 0 radical (unpaired) electrons. The Morgan fingerprint density at radius 2 is 1.50 bits per heavy atom. The summed E-state index contributed by atoms with van der Waals surface area (Å²) >= 11 is 0. The third kappa shape index (κ3) is 11.3. The zero-order valence-corrected chi connectivity index (χ0v) is 30.2. The van der Waals surface area contributed by atoms with Crippen molar-refractivity contribution in [3.05, 3.63) is 131 Å². The quantitative estimate of drug-likeness (QED) is 0.0784. The van der Waals surface area contributed by atoms with Crippen molar-refractivity contribution in [2.24, 2.45) is 0 Å². The number of likely N-dealkylation sites (N-methyl/N-ethyl adjacent to an activating group) is 1. The summed E-state index contributed by atoms with van der Waals surface area (Å²) in [5.41, 5.74) is 6.62. The van der Waals surface area contributed by atoms with Crippen molar-refractivity contribution < 1.29 is 34.4 Å². The number of ether oxygens (including phenoxy) is 2. The van der Waals surface area contributed by atoms with Crippen LogP contribution in [0.1, 0.15) is 98.2 Å². The number of carbonyl (C=O) groups excluding carboxylic acids is 1. The summed E-state index contributed by atoms with van der Waals surface area (Å²) in [4.78, 5) is 25.3. The number of nitrogens with one attached hydrogen (secondary N) is 1. The van der Waals surface area contributed by atoms with Gasteiger partial charge in [-0.25, -0.2) is 0 Å². The largest absolute Gasteiger partial charge is 0.481 e. The molecule has 1 aliphatic rings. The Hall–Kier alpha value is -4.38. The van der Waals surface area contributed by atoms with Crippen LogP contribution in [0, 0.1) is 0 Å². The molecule has 0 bridgehead atoms. The molecule has 0 saturated carbocycles. The maximum Gasteiger partial charge on any atom is 0.303 e. The number of carboxylic acid groups (broad SMARTS) is 1. The number of rotatable bonds is 18. The summed E-state index contributed by atoms with van der Waals surface area (Å²) in [7, 11) is 2.01. The Labute approximate surface area is 307 Å². The molecule has 1 aliphatic heterocycles. The lowest BCUT2D eigenvalue weighted by Crippen LogP contribution is -2.43. The second-order valence-corrected chi connectivity index (χ2v) is 13.8. The van der Waals surface area contributed by atoms with E-state index in [2.05, 4.69) is 28.4 Å². The Kier molecular flexibility index (Phi) is 14.5. The molecule has 5 unspecified atom stereocenters. The van der Waals surface area contributed by atoms with Crippen molar-refractivity contribution in [3.63, 3.8) is 0 Å². The molecular formula is C43H52N2O7. The number of unbranched alkanes of at least 4 members (excludes halogenated alkanes) is 3. The van der Waals surface area contributed by atoms with Crippen molar-refractivity contribution in [2.75, 3.05) is 13.6 Å². The molecule has 0 spiro atoms. The molecule has 4 N–H and O–H groups in total. The zero-order valence-electron chi connectivity index (χ0n) is 30.2. The Balaban J connectivity index is 1.26. The van der Waals surface area contributed by atoms with Gasteiger partial charge in [0.15, 0.2) is 6.29 Å². The van der Waals surface area contributed by atoms with Crippen LogP contribution < -0.4 is 5.32 Å². The number of aliphatic hydroxyl groups is 2. The fourth-order valence-electron chi connectivity index (χ4n) is 6.62. The Morgan fingerprint density at radius 3 is 2.21 bits per heavy atom. The first-order chi connectivity index (χ1) is 25.2. The van der Waals surface area contributed by atoms with E-state index >= 15 is 0 Å². The first kappa shape index (κ1) is 38.8. The molecule has 4 aromatic rings. The molecule has 1 heterocycles. The third-order valence-corrected chi connectivity index (χ3v) is 9.85. The highest BCUT2D eigenvalue weighted by molar-refractivity contribution is 5.76. The zero-order chi connectivity index (χ0) is 36.9. The first-order valence-corrected chi connectivity index (χ1v) is 18.3. The van der Waals surface area contributed by atoms with Crippen LogP contribution >= 0.6 is 0 Å². The van der Waals surface area contributed by atoms with E-state index in [9.17, 15) is 19.8 Å². The molecular weight excluding hydrogens is 656 g/mol. The average molecular weight is 709 g/mol. The topological polar surface area (TPSA) is 129 Å². The van der Waals surface area contributed by atoms with Crippen molar-refractivity contribution in [2.45, 2.75) is 95.7 Å². The van der Waals surface area contributed by atoms with Gasteiger partial charge < -0.3 is 30.1 Å². The molecule has 0 aliphatic carbocycles. The molecule has 276 valence electrons. The first-order valence-electron chi connectivity index (χ1n) is 18.3. The van der Waals surface area contributed by atoms with Crippen molar-refractivity contribution in [1.82, 2.24) is 10.2 Å². The van der Waals surface area contributed by atoms with Gasteiger partial charge in [-0.3, -0.25) is 14.5 Å². The number of aliphatic hydroxyl groups excluding tert-OH is 2. The standard InChI is InChI=1S/C43H52N2O7/c1-30(42(50)34-13-6-5-7-14-34)45(2)28-38-26-39(33-22-20-31(29-46)21-23-33)52-43(51-38)37-17-11-16-36(25-37)35-15-10-12-32(24-35)27-44-40(47)18-8-3-4-9-19-41(48)49/h5-7,10-17,20-25,30,38-39,42-43,46,50H,3-4,8-9,18-19,26-29H2,1-2H3,(H,44,47)(H,48,49). The van der Waals surface area contributed by atoms with Crippen molar-refractivity contribution in [1.29, 1.82) is 0 Å². The summed E-state index contributed by atoms with van der Waals surface area (Å²) in [6.45, 7) is 3.01. The van der Waals surface area contributed by atoms with E-state index < -0.39 is 18.4 Å². The van der Waals surface area contributed by atoms with Gasteiger partial charge in [0.25, 0.3) is 0 Å². The molecule has 0 aromatic heterocycles. The number of aliphatic carboxylic acids is 1. The van der Waals surface area contributed by atoms with Gasteiger partial charge in [-0.15, -0.1) is 0 Å². The van der Waals surface area contributed by atoms with E-state index in [1.54, 1.807) is 0 Å². The highest BCUT2D eigenvalue weighted by Crippen LogP contribution is 2.39. The molecule has 9 heteroatoms. The minimum atomic E-state index is -0.781. The summed E-state index contributed by atoms with van der Waals surface area (Å²) in [5.74, 6) is -0.793. The van der Waals surface area contributed by atoms with Crippen molar-refractivity contribution in [3.8, 4) is 11.1 Å². The van der Waals surface area contributed by atoms with E-state index in [0.717, 1.165) is 58.2 Å². The normalized spacial score (nSPS) is 18.5. The number of hydrogen-bond acceptors (Lipinski definition) is 7. The number of carbonyl (C=O) groups is 2. The Morgan fingerprint density at radius 1 is 0.808 bits per heavy atom. The molecule has 4 aromatic carbocycles. The summed E-state index contributed by atoms with van der Waals surface area (Å²) in [6, 6.07) is 33.7. The molecule has 1 saturated heterocycles. The van der Waals surface area contributed by atoms with Gasteiger partial charge in [-0.1, -0.05) is 104 Å². The maximum absolute atomic E-state index is 12.5. The number of benzene rings is 4. The van der Waals surface area contributed by atoms with Crippen LogP contribution in [0.4, 0.5) is 0 Å². The van der Waals surface area contributed by atoms with Crippen molar-refractivity contribution >= 4 is 11.9 Å². The van der Waals surface area contributed by atoms with Gasteiger partial charge in [-0.2, -0.15) is 0 Å². The van der Waals surface area contributed by atoms with Crippen LogP contribution in [-0.4, -0.2) is 57.8 Å². The summed E-state index contributed by atoms with van der Waals surface area (Å²) in [6.07, 6.45) is 2.56. The highest BCUT2D eigenvalue weighted by atomic mass is 16.7. The van der Waals surface area contributed by atoms with E-state index in [-0.39, 0.29) is 37.2 Å². The predicted octanol–water partition coefficient (Wildman–Crippen LogP) is 7.49. The second kappa shape index (κ2) is 19.5. The van der Waals surface area contributed by atoms with Crippen LogP contribution in [0.3, 0.4) is 0 Å². The number of carboxylic acids is 1. The van der Waals surface area contributed by atoms with Crippen LogP contribution in [0.25, 0.3) is 11.1 Å². The van der Waals surface area contributed by atoms with Crippen LogP contribution in [0.2, 0.25) is 0 Å². The highest BCUT2D eigenvalue weighted by Gasteiger charge is 2.34. The van der Waals surface area contributed by atoms with Gasteiger partial charge in [0, 0.05) is 44.0 Å². The van der Waals surface area contributed by atoms with Crippen LogP contribution in [0.5, 0.6) is 0 Å². The third-order valence-electron chi connectivity index (χ3n) is 9.85. The van der Waals surface area contributed by atoms with Gasteiger partial charge >= 0.3 is 5.97 Å². The maximum atomic E-state index is 12.5. The monoisotopic (exact) mass is 708 g/mol.